The van der Waals surface area contributed by atoms with Crippen LogP contribution in [0.15, 0.2) is 22.7 Å². The predicted octanol–water partition coefficient (Wildman–Crippen LogP) is 2.86. The van der Waals surface area contributed by atoms with Gasteiger partial charge in [0, 0.05) is 28.3 Å². The summed E-state index contributed by atoms with van der Waals surface area (Å²) in [6.07, 6.45) is 6.04. The van der Waals surface area contributed by atoms with Crippen molar-refractivity contribution in [3.63, 3.8) is 0 Å². The first-order chi connectivity index (χ1) is 9.63. The lowest BCUT2D eigenvalue weighted by atomic mass is 9.93. The summed E-state index contributed by atoms with van der Waals surface area (Å²) in [4.78, 5) is 2.22. The highest BCUT2D eigenvalue weighted by Crippen LogP contribution is 2.31. The van der Waals surface area contributed by atoms with Crippen LogP contribution in [-0.4, -0.2) is 30.1 Å². The number of anilines is 1. The molecular formula is C15H22BrN3O. The quantitative estimate of drug-likeness (QED) is 0.570. The monoisotopic (exact) mass is 339 g/mol. The molecule has 0 bridgehead atoms. The molecule has 0 unspecified atom stereocenters. The van der Waals surface area contributed by atoms with E-state index in [1.165, 1.54) is 19.3 Å². The van der Waals surface area contributed by atoms with Crippen LogP contribution in [0, 0.1) is 5.41 Å². The fourth-order valence-corrected chi connectivity index (χ4v) is 3.32. The number of nitrogen functional groups attached to an aromatic ring is 1. The third-order valence-electron chi connectivity index (χ3n) is 3.92. The molecule has 2 rings (SSSR count). The van der Waals surface area contributed by atoms with Crippen molar-refractivity contribution in [3.8, 4) is 0 Å². The molecule has 0 saturated heterocycles. The third kappa shape index (κ3) is 3.52. The van der Waals surface area contributed by atoms with E-state index in [4.69, 9.17) is 11.1 Å². The Morgan fingerprint density at radius 1 is 1.35 bits per heavy atom. The maximum absolute atomic E-state index is 9.39. The zero-order valence-electron chi connectivity index (χ0n) is 11.6. The fraction of sp³-hybridized carbons (Fsp3) is 0.533. The second kappa shape index (κ2) is 7.09. The summed E-state index contributed by atoms with van der Waals surface area (Å²) in [5.41, 5.74) is 7.40. The lowest BCUT2D eigenvalue weighted by Gasteiger charge is -2.37. The maximum atomic E-state index is 9.39. The molecule has 1 aromatic carbocycles. The van der Waals surface area contributed by atoms with Crippen LogP contribution in [0.2, 0.25) is 0 Å². The van der Waals surface area contributed by atoms with E-state index in [0.717, 1.165) is 28.6 Å². The zero-order valence-corrected chi connectivity index (χ0v) is 13.2. The number of hydrogen-bond acceptors (Lipinski definition) is 3. The molecule has 0 aliphatic heterocycles. The second-order valence-electron chi connectivity index (χ2n) is 5.28. The summed E-state index contributed by atoms with van der Waals surface area (Å²) < 4.78 is 0.969. The maximum Gasteiger partial charge on any atom is 0.124 e. The lowest BCUT2D eigenvalue weighted by molar-refractivity contribution is 0.290. The van der Waals surface area contributed by atoms with E-state index in [1.807, 2.05) is 18.2 Å². The summed E-state index contributed by atoms with van der Waals surface area (Å²) in [6.45, 7) is 0.696. The van der Waals surface area contributed by atoms with E-state index in [2.05, 4.69) is 20.8 Å². The molecule has 0 heterocycles. The number of rotatable bonds is 5. The minimum absolute atomic E-state index is 0.0752. The summed E-state index contributed by atoms with van der Waals surface area (Å²) in [7, 11) is 0. The minimum Gasteiger partial charge on any atom is -0.395 e. The Bertz CT molecular complexity index is 472. The van der Waals surface area contributed by atoms with Gasteiger partial charge in [-0.15, -0.1) is 0 Å². The highest BCUT2D eigenvalue weighted by molar-refractivity contribution is 9.10. The van der Waals surface area contributed by atoms with Crippen LogP contribution in [0.3, 0.4) is 0 Å². The van der Waals surface area contributed by atoms with E-state index in [-0.39, 0.29) is 12.4 Å². The van der Waals surface area contributed by atoms with Crippen molar-refractivity contribution in [2.75, 3.05) is 18.1 Å². The van der Waals surface area contributed by atoms with Gasteiger partial charge in [-0.25, -0.2) is 0 Å². The topological polar surface area (TPSA) is 73.3 Å². The van der Waals surface area contributed by atoms with Crippen LogP contribution in [0.5, 0.6) is 0 Å². The Labute approximate surface area is 128 Å². The lowest BCUT2D eigenvalue weighted by Crippen LogP contribution is -2.40. The van der Waals surface area contributed by atoms with Crippen molar-refractivity contribution in [1.82, 2.24) is 0 Å². The molecule has 0 radical (unpaired) electrons. The Kier molecular flexibility index (Phi) is 5.43. The molecule has 0 aromatic heterocycles. The number of amidine groups is 1. The zero-order chi connectivity index (χ0) is 14.5. The van der Waals surface area contributed by atoms with E-state index in [1.54, 1.807) is 0 Å². The van der Waals surface area contributed by atoms with Gasteiger partial charge in [0.2, 0.25) is 0 Å². The SMILES string of the molecule is N=C(N)c1ccc(Br)cc1N(CCO)C1CCCCC1. The van der Waals surface area contributed by atoms with E-state index in [0.29, 0.717) is 12.6 Å². The van der Waals surface area contributed by atoms with Crippen molar-refractivity contribution in [3.05, 3.63) is 28.2 Å². The van der Waals surface area contributed by atoms with Gasteiger partial charge in [0.1, 0.15) is 5.84 Å². The van der Waals surface area contributed by atoms with E-state index < -0.39 is 0 Å². The molecule has 4 N–H and O–H groups in total. The fourth-order valence-electron chi connectivity index (χ4n) is 2.97. The van der Waals surface area contributed by atoms with Crippen molar-refractivity contribution in [2.45, 2.75) is 38.1 Å². The molecule has 5 heteroatoms. The largest absolute Gasteiger partial charge is 0.395 e. The van der Waals surface area contributed by atoms with Gasteiger partial charge in [-0.2, -0.15) is 0 Å². The van der Waals surface area contributed by atoms with Gasteiger partial charge >= 0.3 is 0 Å². The number of hydrogen-bond donors (Lipinski definition) is 3. The highest BCUT2D eigenvalue weighted by atomic mass is 79.9. The van der Waals surface area contributed by atoms with Crippen molar-refractivity contribution in [2.24, 2.45) is 5.73 Å². The number of aliphatic hydroxyl groups excluding tert-OH is 1. The molecular weight excluding hydrogens is 318 g/mol. The first-order valence-corrected chi connectivity index (χ1v) is 7.94. The van der Waals surface area contributed by atoms with Gasteiger partial charge in [-0.3, -0.25) is 5.41 Å². The normalized spacial score (nSPS) is 16.1. The summed E-state index contributed by atoms with van der Waals surface area (Å²) in [5, 5.41) is 17.1. The Balaban J connectivity index is 2.36. The minimum atomic E-state index is 0.0752. The molecule has 1 fully saturated rings. The van der Waals surface area contributed by atoms with Gasteiger partial charge in [0.25, 0.3) is 0 Å². The van der Waals surface area contributed by atoms with E-state index in [9.17, 15) is 5.11 Å². The molecule has 1 aromatic rings. The number of aliphatic hydroxyl groups is 1. The van der Waals surface area contributed by atoms with Crippen LogP contribution < -0.4 is 10.6 Å². The summed E-state index contributed by atoms with van der Waals surface area (Å²) in [5.74, 6) is 0.0752. The Morgan fingerprint density at radius 3 is 2.65 bits per heavy atom. The molecule has 0 atom stereocenters. The molecule has 1 aliphatic rings. The Hall–Kier alpha value is -1.07. The first-order valence-electron chi connectivity index (χ1n) is 7.15. The molecule has 20 heavy (non-hydrogen) atoms. The molecule has 1 aliphatic carbocycles. The average Bonchev–Trinajstić information content (AvgIpc) is 2.45. The van der Waals surface area contributed by atoms with Gasteiger partial charge in [0.15, 0.2) is 0 Å². The van der Waals surface area contributed by atoms with Crippen LogP contribution in [0.1, 0.15) is 37.7 Å². The van der Waals surface area contributed by atoms with Crippen molar-refractivity contribution < 1.29 is 5.11 Å². The molecule has 0 amide bonds. The first kappa shape index (κ1) is 15.3. The smallest absolute Gasteiger partial charge is 0.124 e. The Morgan fingerprint density at radius 2 is 2.05 bits per heavy atom. The third-order valence-corrected chi connectivity index (χ3v) is 4.41. The standard InChI is InChI=1S/C15H22BrN3O/c16-11-6-7-13(15(17)18)14(10-11)19(8-9-20)12-4-2-1-3-5-12/h6-7,10,12,20H,1-5,8-9H2,(H3,17,18). The molecule has 110 valence electrons. The second-order valence-corrected chi connectivity index (χ2v) is 6.20. The predicted molar refractivity (Wildman–Crippen MR) is 86.5 cm³/mol. The van der Waals surface area contributed by atoms with Crippen molar-refractivity contribution in [1.29, 1.82) is 5.41 Å². The molecule has 0 spiro atoms. The number of nitrogens with one attached hydrogen (secondary N) is 1. The average molecular weight is 340 g/mol. The number of nitrogens with zero attached hydrogens (tertiary/aromatic N) is 1. The van der Waals surface area contributed by atoms with Crippen LogP contribution in [-0.2, 0) is 0 Å². The number of nitrogens with two attached hydrogens (primary N) is 1. The summed E-state index contributed by atoms with van der Waals surface area (Å²) in [6, 6.07) is 6.21. The van der Waals surface area contributed by atoms with Crippen molar-refractivity contribution >= 4 is 27.5 Å². The van der Waals surface area contributed by atoms with Gasteiger partial charge < -0.3 is 15.7 Å². The van der Waals surface area contributed by atoms with Crippen LogP contribution in [0.4, 0.5) is 5.69 Å². The summed E-state index contributed by atoms with van der Waals surface area (Å²) >= 11 is 3.49. The van der Waals surface area contributed by atoms with Gasteiger partial charge in [0.05, 0.1) is 6.61 Å². The number of halogens is 1. The van der Waals surface area contributed by atoms with Crippen LogP contribution in [0.25, 0.3) is 0 Å². The molecule has 1 saturated carbocycles. The molecule has 4 nitrogen and oxygen atoms in total. The number of benzene rings is 1. The van der Waals surface area contributed by atoms with E-state index >= 15 is 0 Å². The van der Waals surface area contributed by atoms with Crippen LogP contribution >= 0.6 is 15.9 Å². The highest BCUT2D eigenvalue weighted by Gasteiger charge is 2.23. The van der Waals surface area contributed by atoms with Gasteiger partial charge in [-0.05, 0) is 31.0 Å². The van der Waals surface area contributed by atoms with Gasteiger partial charge in [-0.1, -0.05) is 35.2 Å².